The molecule has 1 amide bonds. The number of methoxy groups -OCH3 is 1. The van der Waals surface area contributed by atoms with Crippen molar-refractivity contribution in [3.8, 4) is 0 Å². The molecule has 2 unspecified atom stereocenters. The van der Waals surface area contributed by atoms with Crippen LogP contribution in [0.1, 0.15) is 18.6 Å². The number of amides is 1. The van der Waals surface area contributed by atoms with E-state index in [2.05, 4.69) is 5.32 Å². The first-order valence-corrected chi connectivity index (χ1v) is 5.74. The van der Waals surface area contributed by atoms with Crippen molar-refractivity contribution in [2.24, 2.45) is 11.7 Å². The second-order valence-electron chi connectivity index (χ2n) is 4.02. The van der Waals surface area contributed by atoms with Crippen LogP contribution in [0.3, 0.4) is 0 Å². The van der Waals surface area contributed by atoms with Gasteiger partial charge in [-0.1, -0.05) is 37.3 Å². The number of hydrogen-bond donors (Lipinski definition) is 2. The average Bonchev–Trinajstić information content (AvgIpc) is 2.39. The summed E-state index contributed by atoms with van der Waals surface area (Å²) in [5, 5.41) is 2.84. The van der Waals surface area contributed by atoms with E-state index in [4.69, 9.17) is 10.5 Å². The zero-order valence-electron chi connectivity index (χ0n) is 10.3. The summed E-state index contributed by atoms with van der Waals surface area (Å²) in [5.74, 6) is -0.200. The minimum atomic E-state index is -0.164. The van der Waals surface area contributed by atoms with Gasteiger partial charge in [-0.15, -0.1) is 0 Å². The zero-order valence-corrected chi connectivity index (χ0v) is 10.3. The van der Waals surface area contributed by atoms with Crippen LogP contribution >= 0.6 is 0 Å². The third-order valence-electron chi connectivity index (χ3n) is 2.72. The van der Waals surface area contributed by atoms with Gasteiger partial charge in [-0.05, 0) is 5.56 Å². The molecule has 0 saturated carbocycles. The Morgan fingerprint density at radius 1 is 1.41 bits per heavy atom. The fraction of sp³-hybridized carbons (Fsp3) is 0.462. The molecule has 0 aromatic heterocycles. The van der Waals surface area contributed by atoms with Crippen molar-refractivity contribution in [1.82, 2.24) is 5.32 Å². The van der Waals surface area contributed by atoms with Crippen LogP contribution in [-0.4, -0.2) is 26.1 Å². The van der Waals surface area contributed by atoms with Crippen LogP contribution in [0.4, 0.5) is 0 Å². The number of benzene rings is 1. The lowest BCUT2D eigenvalue weighted by atomic mass is 10.1. The number of nitrogens with two attached hydrogens (primary N) is 1. The Bertz CT molecular complexity index is 341. The summed E-state index contributed by atoms with van der Waals surface area (Å²) >= 11 is 0. The normalized spacial score (nSPS) is 14.1. The molecule has 2 atom stereocenters. The van der Waals surface area contributed by atoms with Gasteiger partial charge < -0.3 is 15.8 Å². The highest BCUT2D eigenvalue weighted by Crippen LogP contribution is 2.14. The van der Waals surface area contributed by atoms with Crippen LogP contribution in [0.2, 0.25) is 0 Å². The van der Waals surface area contributed by atoms with E-state index in [1.54, 1.807) is 14.0 Å². The van der Waals surface area contributed by atoms with Crippen LogP contribution in [0.25, 0.3) is 0 Å². The van der Waals surface area contributed by atoms with E-state index < -0.39 is 0 Å². The molecule has 0 radical (unpaired) electrons. The zero-order chi connectivity index (χ0) is 12.7. The van der Waals surface area contributed by atoms with Gasteiger partial charge in [0.05, 0.1) is 6.10 Å². The molecule has 1 aromatic carbocycles. The van der Waals surface area contributed by atoms with E-state index in [0.717, 1.165) is 5.56 Å². The van der Waals surface area contributed by atoms with Crippen LogP contribution < -0.4 is 11.1 Å². The predicted molar refractivity (Wildman–Crippen MR) is 67.4 cm³/mol. The number of carbonyl (C=O) groups excluding carboxylic acids is 1. The molecule has 94 valence electrons. The van der Waals surface area contributed by atoms with Crippen LogP contribution in [0, 0.1) is 5.92 Å². The Kier molecular flexibility index (Phi) is 5.66. The number of hydrogen-bond acceptors (Lipinski definition) is 3. The second-order valence-corrected chi connectivity index (χ2v) is 4.02. The van der Waals surface area contributed by atoms with Gasteiger partial charge in [-0.3, -0.25) is 4.79 Å². The lowest BCUT2D eigenvalue weighted by Crippen LogP contribution is -2.36. The minimum absolute atomic E-state index is 0.0366. The van der Waals surface area contributed by atoms with Crippen molar-refractivity contribution in [2.75, 3.05) is 20.2 Å². The van der Waals surface area contributed by atoms with Crippen LogP contribution in [0.5, 0.6) is 0 Å². The van der Waals surface area contributed by atoms with Crippen molar-refractivity contribution in [2.45, 2.75) is 13.0 Å². The van der Waals surface area contributed by atoms with Crippen LogP contribution in [-0.2, 0) is 9.53 Å². The van der Waals surface area contributed by atoms with Gasteiger partial charge in [-0.25, -0.2) is 0 Å². The monoisotopic (exact) mass is 236 g/mol. The van der Waals surface area contributed by atoms with Gasteiger partial charge in [0, 0.05) is 26.1 Å². The molecule has 0 bridgehead atoms. The molecule has 0 aliphatic heterocycles. The fourth-order valence-electron chi connectivity index (χ4n) is 1.48. The van der Waals surface area contributed by atoms with Gasteiger partial charge in [0.2, 0.25) is 5.91 Å². The first kappa shape index (κ1) is 13.7. The largest absolute Gasteiger partial charge is 0.375 e. The van der Waals surface area contributed by atoms with Gasteiger partial charge >= 0.3 is 0 Å². The highest BCUT2D eigenvalue weighted by Gasteiger charge is 2.14. The summed E-state index contributed by atoms with van der Waals surface area (Å²) in [6, 6.07) is 9.81. The Morgan fingerprint density at radius 2 is 2.06 bits per heavy atom. The Morgan fingerprint density at radius 3 is 2.59 bits per heavy atom. The maximum absolute atomic E-state index is 11.6. The topological polar surface area (TPSA) is 64.3 Å². The van der Waals surface area contributed by atoms with Crippen molar-refractivity contribution in [1.29, 1.82) is 0 Å². The van der Waals surface area contributed by atoms with Gasteiger partial charge in [0.15, 0.2) is 0 Å². The van der Waals surface area contributed by atoms with Crippen molar-refractivity contribution < 1.29 is 9.53 Å². The molecule has 0 aliphatic rings. The molecule has 4 nitrogen and oxygen atoms in total. The summed E-state index contributed by atoms with van der Waals surface area (Å²) < 4.78 is 5.35. The number of ether oxygens (including phenoxy) is 1. The first-order chi connectivity index (χ1) is 8.19. The van der Waals surface area contributed by atoms with E-state index in [0.29, 0.717) is 13.1 Å². The SMILES string of the molecule is COC(CNC(=O)C(C)CN)c1ccccc1. The summed E-state index contributed by atoms with van der Waals surface area (Å²) in [6.45, 7) is 2.62. The van der Waals surface area contributed by atoms with Crippen LogP contribution in [0.15, 0.2) is 30.3 Å². The van der Waals surface area contributed by atoms with E-state index in [1.165, 1.54) is 0 Å². The lowest BCUT2D eigenvalue weighted by molar-refractivity contribution is -0.124. The number of rotatable bonds is 6. The predicted octanol–water partition coefficient (Wildman–Crippen LogP) is 1.09. The molecule has 4 heteroatoms. The quantitative estimate of drug-likeness (QED) is 0.777. The highest BCUT2D eigenvalue weighted by atomic mass is 16.5. The molecule has 3 N–H and O–H groups in total. The molecule has 0 spiro atoms. The van der Waals surface area contributed by atoms with E-state index in [-0.39, 0.29) is 17.9 Å². The van der Waals surface area contributed by atoms with Gasteiger partial charge in [-0.2, -0.15) is 0 Å². The highest BCUT2D eigenvalue weighted by molar-refractivity contribution is 5.78. The third-order valence-corrected chi connectivity index (χ3v) is 2.72. The van der Waals surface area contributed by atoms with Crippen molar-refractivity contribution in [3.05, 3.63) is 35.9 Å². The molecule has 17 heavy (non-hydrogen) atoms. The lowest BCUT2D eigenvalue weighted by Gasteiger charge is -2.17. The maximum Gasteiger partial charge on any atom is 0.224 e. The third kappa shape index (κ3) is 4.17. The summed E-state index contributed by atoms with van der Waals surface area (Å²) in [5.41, 5.74) is 6.48. The summed E-state index contributed by atoms with van der Waals surface area (Å²) in [7, 11) is 1.64. The maximum atomic E-state index is 11.6. The molecular weight excluding hydrogens is 216 g/mol. The second kappa shape index (κ2) is 7.04. The molecule has 0 aliphatic carbocycles. The molecule has 1 aromatic rings. The summed E-state index contributed by atoms with van der Waals surface area (Å²) in [6.07, 6.45) is -0.120. The first-order valence-electron chi connectivity index (χ1n) is 5.74. The van der Waals surface area contributed by atoms with Crippen molar-refractivity contribution in [3.63, 3.8) is 0 Å². The molecule has 1 rings (SSSR count). The smallest absolute Gasteiger partial charge is 0.224 e. The number of carbonyl (C=O) groups is 1. The molecule has 0 heterocycles. The summed E-state index contributed by atoms with van der Waals surface area (Å²) in [4.78, 5) is 11.6. The standard InChI is InChI=1S/C13H20N2O2/c1-10(8-14)13(16)15-9-12(17-2)11-6-4-3-5-7-11/h3-7,10,12H,8-9,14H2,1-2H3,(H,15,16). The van der Waals surface area contributed by atoms with E-state index in [9.17, 15) is 4.79 Å². The molecular formula is C13H20N2O2. The van der Waals surface area contributed by atoms with E-state index in [1.807, 2.05) is 30.3 Å². The Labute approximate surface area is 102 Å². The molecule has 0 saturated heterocycles. The van der Waals surface area contributed by atoms with Gasteiger partial charge in [0.1, 0.15) is 0 Å². The van der Waals surface area contributed by atoms with Crippen molar-refractivity contribution >= 4 is 5.91 Å². The van der Waals surface area contributed by atoms with E-state index >= 15 is 0 Å². The fourth-order valence-corrected chi connectivity index (χ4v) is 1.48. The Balaban J connectivity index is 2.51. The van der Waals surface area contributed by atoms with Gasteiger partial charge in [0.25, 0.3) is 0 Å². The minimum Gasteiger partial charge on any atom is -0.375 e. The Hall–Kier alpha value is -1.39. The molecule has 0 fully saturated rings. The average molecular weight is 236 g/mol. The number of nitrogens with one attached hydrogen (secondary N) is 1.